The Balaban J connectivity index is 1.58. The van der Waals surface area contributed by atoms with E-state index in [-0.39, 0.29) is 11.6 Å². The first-order valence-electron chi connectivity index (χ1n) is 7.80. The molecule has 19 heavy (non-hydrogen) atoms. The normalized spacial score (nSPS) is 27.2. The van der Waals surface area contributed by atoms with E-state index in [2.05, 4.69) is 30.0 Å². The largest absolute Gasteiger partial charge is 0.370 e. The molecule has 3 rings (SSSR count). The standard InChI is InChI=1S/C16H26N2O/c1-2-15(17)13-6-10-18(11-13)12-14-5-9-16(19-14)7-3-4-8-16/h6,10-11,14-15H,2-5,7-9,12,17H2,1H3. The number of rotatable bonds is 4. The van der Waals surface area contributed by atoms with Crippen LogP contribution in [0.25, 0.3) is 0 Å². The fourth-order valence-corrected chi connectivity index (χ4v) is 3.67. The summed E-state index contributed by atoms with van der Waals surface area (Å²) < 4.78 is 8.61. The van der Waals surface area contributed by atoms with Gasteiger partial charge in [-0.25, -0.2) is 0 Å². The fraction of sp³-hybridized carbons (Fsp3) is 0.750. The second-order valence-corrected chi connectivity index (χ2v) is 6.33. The van der Waals surface area contributed by atoms with Gasteiger partial charge in [0.25, 0.3) is 0 Å². The van der Waals surface area contributed by atoms with E-state index >= 15 is 0 Å². The van der Waals surface area contributed by atoms with Crippen molar-refractivity contribution in [1.29, 1.82) is 0 Å². The smallest absolute Gasteiger partial charge is 0.0762 e. The zero-order chi connectivity index (χ0) is 13.3. The summed E-state index contributed by atoms with van der Waals surface area (Å²) in [6.07, 6.45) is 13.5. The van der Waals surface area contributed by atoms with Gasteiger partial charge in [0, 0.05) is 25.0 Å². The van der Waals surface area contributed by atoms with Crippen molar-refractivity contribution in [3.63, 3.8) is 0 Å². The van der Waals surface area contributed by atoms with Crippen LogP contribution in [0.5, 0.6) is 0 Å². The number of hydrogen-bond donors (Lipinski definition) is 1. The minimum Gasteiger partial charge on any atom is -0.370 e. The van der Waals surface area contributed by atoms with Gasteiger partial charge in [-0.2, -0.15) is 0 Å². The Morgan fingerprint density at radius 2 is 2.21 bits per heavy atom. The monoisotopic (exact) mass is 262 g/mol. The Morgan fingerprint density at radius 1 is 1.42 bits per heavy atom. The highest BCUT2D eigenvalue weighted by Gasteiger charge is 2.42. The summed E-state index contributed by atoms with van der Waals surface area (Å²) in [6, 6.07) is 2.32. The van der Waals surface area contributed by atoms with Gasteiger partial charge < -0.3 is 15.0 Å². The number of aromatic nitrogens is 1. The Morgan fingerprint density at radius 3 is 2.95 bits per heavy atom. The van der Waals surface area contributed by atoms with Gasteiger partial charge in [0.2, 0.25) is 0 Å². The van der Waals surface area contributed by atoms with Crippen molar-refractivity contribution in [2.24, 2.45) is 5.73 Å². The Hall–Kier alpha value is -0.800. The summed E-state index contributed by atoms with van der Waals surface area (Å²) in [6.45, 7) is 3.12. The van der Waals surface area contributed by atoms with Crippen LogP contribution in [0.4, 0.5) is 0 Å². The van der Waals surface area contributed by atoms with E-state index in [1.54, 1.807) is 0 Å². The fourth-order valence-electron chi connectivity index (χ4n) is 3.67. The minimum atomic E-state index is 0.173. The van der Waals surface area contributed by atoms with Crippen LogP contribution in [-0.2, 0) is 11.3 Å². The lowest BCUT2D eigenvalue weighted by molar-refractivity contribution is -0.0417. The van der Waals surface area contributed by atoms with Crippen LogP contribution in [0.2, 0.25) is 0 Å². The first-order valence-corrected chi connectivity index (χ1v) is 7.80. The van der Waals surface area contributed by atoms with Crippen LogP contribution >= 0.6 is 0 Å². The molecule has 1 saturated heterocycles. The molecular formula is C16H26N2O. The maximum absolute atomic E-state index is 6.36. The van der Waals surface area contributed by atoms with Crippen molar-refractivity contribution in [1.82, 2.24) is 4.57 Å². The van der Waals surface area contributed by atoms with Crippen LogP contribution in [0.3, 0.4) is 0 Å². The number of nitrogens with zero attached hydrogens (tertiary/aromatic N) is 1. The molecule has 1 saturated carbocycles. The molecule has 1 aliphatic carbocycles. The van der Waals surface area contributed by atoms with E-state index in [0.717, 1.165) is 13.0 Å². The van der Waals surface area contributed by atoms with Gasteiger partial charge in [0.1, 0.15) is 0 Å². The predicted molar refractivity (Wildman–Crippen MR) is 77.0 cm³/mol. The maximum atomic E-state index is 6.36. The molecule has 1 aromatic rings. The third-order valence-electron chi connectivity index (χ3n) is 4.91. The number of ether oxygens (including phenoxy) is 1. The molecule has 1 spiro atoms. The van der Waals surface area contributed by atoms with Crippen molar-refractivity contribution in [2.45, 2.75) is 76.2 Å². The molecule has 2 fully saturated rings. The molecule has 0 aromatic carbocycles. The summed E-state index contributed by atoms with van der Waals surface area (Å²) in [7, 11) is 0. The van der Waals surface area contributed by atoms with Gasteiger partial charge in [-0.05, 0) is 43.7 Å². The molecule has 1 aliphatic heterocycles. The summed E-state index contributed by atoms with van der Waals surface area (Å²) in [5.41, 5.74) is 7.56. The van der Waals surface area contributed by atoms with Crippen molar-refractivity contribution in [3.8, 4) is 0 Å². The lowest BCUT2D eigenvalue weighted by Gasteiger charge is -2.24. The van der Waals surface area contributed by atoms with Gasteiger partial charge in [-0.15, -0.1) is 0 Å². The highest BCUT2D eigenvalue weighted by Crippen LogP contribution is 2.43. The van der Waals surface area contributed by atoms with Crippen molar-refractivity contribution < 1.29 is 4.74 Å². The van der Waals surface area contributed by atoms with Crippen LogP contribution in [-0.4, -0.2) is 16.3 Å². The molecule has 2 atom stereocenters. The Labute approximate surface area is 116 Å². The average molecular weight is 262 g/mol. The first-order chi connectivity index (χ1) is 9.21. The maximum Gasteiger partial charge on any atom is 0.0762 e. The zero-order valence-electron chi connectivity index (χ0n) is 12.0. The molecular weight excluding hydrogens is 236 g/mol. The minimum absolute atomic E-state index is 0.173. The summed E-state index contributed by atoms with van der Waals surface area (Å²) >= 11 is 0. The van der Waals surface area contributed by atoms with Crippen LogP contribution in [0.15, 0.2) is 18.5 Å². The van der Waals surface area contributed by atoms with E-state index in [9.17, 15) is 0 Å². The molecule has 0 radical (unpaired) electrons. The van der Waals surface area contributed by atoms with Crippen molar-refractivity contribution in [2.75, 3.05) is 0 Å². The SMILES string of the molecule is CCC(N)c1ccn(CC2CCC3(CCCC3)O2)c1. The van der Waals surface area contributed by atoms with Crippen LogP contribution in [0.1, 0.15) is 63.5 Å². The molecule has 2 aliphatic rings. The van der Waals surface area contributed by atoms with Gasteiger partial charge in [0.15, 0.2) is 0 Å². The molecule has 0 amide bonds. The van der Waals surface area contributed by atoms with E-state index in [1.807, 2.05) is 0 Å². The predicted octanol–water partition coefficient (Wildman–Crippen LogP) is 3.39. The lowest BCUT2D eigenvalue weighted by Crippen LogP contribution is -2.26. The summed E-state index contributed by atoms with van der Waals surface area (Å²) in [4.78, 5) is 0. The topological polar surface area (TPSA) is 40.2 Å². The quantitative estimate of drug-likeness (QED) is 0.903. The zero-order valence-corrected chi connectivity index (χ0v) is 12.0. The van der Waals surface area contributed by atoms with Gasteiger partial charge in [0.05, 0.1) is 11.7 Å². The first kappa shape index (κ1) is 13.2. The Bertz CT molecular complexity index is 420. The number of nitrogens with two attached hydrogens (primary N) is 1. The van der Waals surface area contributed by atoms with Crippen molar-refractivity contribution >= 4 is 0 Å². The molecule has 2 N–H and O–H groups in total. The van der Waals surface area contributed by atoms with Gasteiger partial charge in [-0.3, -0.25) is 0 Å². The summed E-state index contributed by atoms with van der Waals surface area (Å²) in [5.74, 6) is 0. The molecule has 3 heteroatoms. The lowest BCUT2D eigenvalue weighted by atomic mass is 9.98. The second kappa shape index (κ2) is 5.29. The van der Waals surface area contributed by atoms with Crippen molar-refractivity contribution in [3.05, 3.63) is 24.0 Å². The average Bonchev–Trinajstić information content (AvgIpc) is 3.13. The van der Waals surface area contributed by atoms with E-state index in [1.165, 1.54) is 44.1 Å². The van der Waals surface area contributed by atoms with Crippen LogP contribution in [0, 0.1) is 0 Å². The highest BCUT2D eigenvalue weighted by atomic mass is 16.5. The molecule has 0 bridgehead atoms. The van der Waals surface area contributed by atoms with E-state index in [4.69, 9.17) is 10.5 Å². The van der Waals surface area contributed by atoms with E-state index in [0.29, 0.717) is 6.10 Å². The molecule has 2 unspecified atom stereocenters. The van der Waals surface area contributed by atoms with Gasteiger partial charge >= 0.3 is 0 Å². The number of hydrogen-bond acceptors (Lipinski definition) is 2. The molecule has 3 nitrogen and oxygen atoms in total. The van der Waals surface area contributed by atoms with E-state index < -0.39 is 0 Å². The molecule has 106 valence electrons. The van der Waals surface area contributed by atoms with Gasteiger partial charge in [-0.1, -0.05) is 19.8 Å². The third-order valence-corrected chi connectivity index (χ3v) is 4.91. The Kier molecular flexibility index (Phi) is 3.68. The summed E-state index contributed by atoms with van der Waals surface area (Å²) in [5, 5.41) is 0. The third kappa shape index (κ3) is 2.72. The second-order valence-electron chi connectivity index (χ2n) is 6.33. The molecule has 2 heterocycles. The van der Waals surface area contributed by atoms with Crippen LogP contribution < -0.4 is 5.73 Å². The highest BCUT2D eigenvalue weighted by molar-refractivity contribution is 5.14. The molecule has 1 aromatic heterocycles.